The summed E-state index contributed by atoms with van der Waals surface area (Å²) in [5.74, 6) is -0.211. The van der Waals surface area contributed by atoms with Crippen LogP contribution in [-0.2, 0) is 9.53 Å². The van der Waals surface area contributed by atoms with Crippen LogP contribution in [0.4, 0.5) is 5.13 Å². The van der Waals surface area contributed by atoms with Crippen LogP contribution in [-0.4, -0.2) is 30.6 Å². The summed E-state index contributed by atoms with van der Waals surface area (Å²) in [6, 6.07) is 7.73. The molecule has 0 fully saturated rings. The zero-order valence-corrected chi connectivity index (χ0v) is 10.00. The van der Waals surface area contributed by atoms with Gasteiger partial charge < -0.3 is 10.5 Å². The molecule has 0 bridgehead atoms. The lowest BCUT2D eigenvalue weighted by molar-refractivity contribution is -0.120. The fraction of sp³-hybridized carbons (Fsp3) is 0.273. The van der Waals surface area contributed by atoms with Gasteiger partial charge in [0.25, 0.3) is 5.91 Å². The highest BCUT2D eigenvalue weighted by atomic mass is 32.1. The van der Waals surface area contributed by atoms with Gasteiger partial charge in [-0.05, 0) is 12.1 Å². The van der Waals surface area contributed by atoms with Gasteiger partial charge in [-0.2, -0.15) is 0 Å². The van der Waals surface area contributed by atoms with Gasteiger partial charge in [0.1, 0.15) is 6.61 Å². The van der Waals surface area contributed by atoms with Gasteiger partial charge >= 0.3 is 0 Å². The molecule has 0 aliphatic carbocycles. The molecule has 3 N–H and O–H groups in total. The third-order valence-corrected chi connectivity index (χ3v) is 2.99. The van der Waals surface area contributed by atoms with Crippen molar-refractivity contribution >= 4 is 32.6 Å². The highest BCUT2D eigenvalue weighted by Crippen LogP contribution is 2.25. The minimum atomic E-state index is -0.211. The lowest BCUT2D eigenvalue weighted by Gasteiger charge is -2.01. The van der Waals surface area contributed by atoms with E-state index in [1.165, 1.54) is 11.3 Å². The Hall–Kier alpha value is -1.50. The van der Waals surface area contributed by atoms with Crippen molar-refractivity contribution in [3.05, 3.63) is 24.3 Å². The summed E-state index contributed by atoms with van der Waals surface area (Å²) >= 11 is 1.44. The molecule has 1 aromatic carbocycles. The van der Waals surface area contributed by atoms with Crippen LogP contribution in [0, 0.1) is 0 Å². The van der Waals surface area contributed by atoms with E-state index in [0.717, 1.165) is 10.2 Å². The molecule has 17 heavy (non-hydrogen) atoms. The highest BCUT2D eigenvalue weighted by molar-refractivity contribution is 7.22. The number of ether oxygens (including phenoxy) is 1. The number of thiazole rings is 1. The number of nitrogens with one attached hydrogen (secondary N) is 1. The first-order chi connectivity index (χ1) is 8.29. The fourth-order valence-electron chi connectivity index (χ4n) is 1.33. The highest BCUT2D eigenvalue weighted by Gasteiger charge is 2.07. The molecule has 90 valence electrons. The topological polar surface area (TPSA) is 77.2 Å². The average molecular weight is 251 g/mol. The smallest absolute Gasteiger partial charge is 0.252 e. The second-order valence-electron chi connectivity index (χ2n) is 3.38. The number of aromatic nitrogens is 1. The summed E-state index contributed by atoms with van der Waals surface area (Å²) in [4.78, 5) is 15.7. The lowest BCUT2D eigenvalue weighted by atomic mass is 10.3. The maximum Gasteiger partial charge on any atom is 0.252 e. The first kappa shape index (κ1) is 12.0. The number of rotatable bonds is 5. The van der Waals surface area contributed by atoms with Crippen LogP contribution in [0.3, 0.4) is 0 Å². The number of hydrogen-bond donors (Lipinski definition) is 2. The Morgan fingerprint density at radius 2 is 2.29 bits per heavy atom. The van der Waals surface area contributed by atoms with Gasteiger partial charge in [0.05, 0.1) is 16.8 Å². The van der Waals surface area contributed by atoms with Gasteiger partial charge in [-0.3, -0.25) is 10.1 Å². The number of carbonyl (C=O) groups is 1. The second kappa shape index (κ2) is 5.72. The largest absolute Gasteiger partial charge is 0.370 e. The number of benzene rings is 1. The van der Waals surface area contributed by atoms with Crippen molar-refractivity contribution in [1.82, 2.24) is 4.98 Å². The molecule has 0 saturated carbocycles. The Morgan fingerprint density at radius 1 is 1.47 bits per heavy atom. The van der Waals surface area contributed by atoms with Crippen LogP contribution in [0.5, 0.6) is 0 Å². The molecule has 0 aliphatic rings. The number of hydrogen-bond acceptors (Lipinski definition) is 5. The predicted octanol–water partition coefficient (Wildman–Crippen LogP) is 1.21. The molecule has 2 rings (SSSR count). The van der Waals surface area contributed by atoms with Crippen LogP contribution < -0.4 is 11.1 Å². The number of carbonyl (C=O) groups excluding carboxylic acids is 1. The van der Waals surface area contributed by atoms with Crippen molar-refractivity contribution in [2.24, 2.45) is 5.73 Å². The molecule has 0 atom stereocenters. The van der Waals surface area contributed by atoms with Crippen molar-refractivity contribution in [1.29, 1.82) is 0 Å². The Balaban J connectivity index is 1.96. The summed E-state index contributed by atoms with van der Waals surface area (Å²) in [7, 11) is 0. The zero-order valence-electron chi connectivity index (χ0n) is 9.18. The van der Waals surface area contributed by atoms with E-state index in [1.807, 2.05) is 24.3 Å². The van der Waals surface area contributed by atoms with Gasteiger partial charge in [0.2, 0.25) is 0 Å². The molecule has 6 heteroatoms. The van der Waals surface area contributed by atoms with Gasteiger partial charge in [0, 0.05) is 6.54 Å². The number of anilines is 1. The van der Waals surface area contributed by atoms with Gasteiger partial charge in [-0.25, -0.2) is 4.98 Å². The quantitative estimate of drug-likeness (QED) is 0.783. The van der Waals surface area contributed by atoms with E-state index in [1.54, 1.807) is 0 Å². The third-order valence-electron chi connectivity index (χ3n) is 2.04. The standard InChI is InChI=1S/C11H13N3O2S/c12-5-6-16-7-10(15)14-11-13-8-3-1-2-4-9(8)17-11/h1-4H,5-7,12H2,(H,13,14,15). The van der Waals surface area contributed by atoms with E-state index in [0.29, 0.717) is 18.3 Å². The molecule has 0 aliphatic heterocycles. The van der Waals surface area contributed by atoms with Crippen LogP contribution in [0.2, 0.25) is 0 Å². The molecule has 0 saturated heterocycles. The van der Waals surface area contributed by atoms with E-state index < -0.39 is 0 Å². The molecule has 5 nitrogen and oxygen atoms in total. The zero-order chi connectivity index (χ0) is 12.1. The van der Waals surface area contributed by atoms with E-state index >= 15 is 0 Å². The Kier molecular flexibility index (Phi) is 4.03. The van der Waals surface area contributed by atoms with Crippen LogP contribution >= 0.6 is 11.3 Å². The Bertz CT molecular complexity index is 479. The van der Waals surface area contributed by atoms with Gasteiger partial charge in [0.15, 0.2) is 5.13 Å². The first-order valence-electron chi connectivity index (χ1n) is 5.23. The van der Waals surface area contributed by atoms with Crippen molar-refractivity contribution in [3.63, 3.8) is 0 Å². The minimum Gasteiger partial charge on any atom is -0.370 e. The fourth-order valence-corrected chi connectivity index (χ4v) is 2.21. The van der Waals surface area contributed by atoms with E-state index in [2.05, 4.69) is 10.3 Å². The van der Waals surface area contributed by atoms with Crippen LogP contribution in [0.1, 0.15) is 0 Å². The summed E-state index contributed by atoms with van der Waals surface area (Å²) < 4.78 is 6.08. The molecule has 1 aromatic heterocycles. The first-order valence-corrected chi connectivity index (χ1v) is 6.04. The number of nitrogens with two attached hydrogens (primary N) is 1. The molecule has 1 heterocycles. The number of nitrogens with zero attached hydrogens (tertiary/aromatic N) is 1. The summed E-state index contributed by atoms with van der Waals surface area (Å²) in [6.07, 6.45) is 0. The van der Waals surface area contributed by atoms with E-state index in [-0.39, 0.29) is 12.5 Å². The normalized spacial score (nSPS) is 10.6. The number of para-hydroxylation sites is 1. The maximum absolute atomic E-state index is 11.5. The molecular weight excluding hydrogens is 238 g/mol. The minimum absolute atomic E-state index is 0.00707. The van der Waals surface area contributed by atoms with Gasteiger partial charge in [-0.15, -0.1) is 0 Å². The van der Waals surface area contributed by atoms with Crippen molar-refractivity contribution in [3.8, 4) is 0 Å². The molecular formula is C11H13N3O2S. The van der Waals surface area contributed by atoms with Gasteiger partial charge in [-0.1, -0.05) is 23.5 Å². The van der Waals surface area contributed by atoms with Crippen molar-refractivity contribution in [2.75, 3.05) is 25.1 Å². The predicted molar refractivity (Wildman–Crippen MR) is 68.1 cm³/mol. The monoisotopic (exact) mass is 251 g/mol. The average Bonchev–Trinajstić information content (AvgIpc) is 2.71. The Morgan fingerprint density at radius 3 is 3.06 bits per heavy atom. The van der Waals surface area contributed by atoms with E-state index in [9.17, 15) is 4.79 Å². The molecule has 2 aromatic rings. The lowest BCUT2D eigenvalue weighted by Crippen LogP contribution is -2.20. The SMILES string of the molecule is NCCOCC(=O)Nc1nc2ccccc2s1. The van der Waals surface area contributed by atoms with Crippen molar-refractivity contribution < 1.29 is 9.53 Å². The van der Waals surface area contributed by atoms with Crippen LogP contribution in [0.15, 0.2) is 24.3 Å². The summed E-state index contributed by atoms with van der Waals surface area (Å²) in [5.41, 5.74) is 6.14. The molecule has 0 unspecified atom stereocenters. The third kappa shape index (κ3) is 3.23. The molecule has 1 amide bonds. The summed E-state index contributed by atoms with van der Waals surface area (Å²) in [6.45, 7) is 0.800. The number of fused-ring (bicyclic) bond motifs is 1. The molecule has 0 radical (unpaired) electrons. The molecule has 0 spiro atoms. The maximum atomic E-state index is 11.5. The Labute approximate surface area is 103 Å². The van der Waals surface area contributed by atoms with E-state index in [4.69, 9.17) is 10.5 Å². The summed E-state index contributed by atoms with van der Waals surface area (Å²) in [5, 5.41) is 3.28. The van der Waals surface area contributed by atoms with Crippen molar-refractivity contribution in [2.45, 2.75) is 0 Å². The second-order valence-corrected chi connectivity index (χ2v) is 4.41. The number of amides is 1. The van der Waals surface area contributed by atoms with Crippen LogP contribution in [0.25, 0.3) is 10.2 Å².